The van der Waals surface area contributed by atoms with Gasteiger partial charge in [0.25, 0.3) is 5.91 Å². The third-order valence-electron chi connectivity index (χ3n) is 3.31. The Morgan fingerprint density at radius 3 is 2.71 bits per heavy atom. The Bertz CT molecular complexity index is 677. The van der Waals surface area contributed by atoms with E-state index in [-0.39, 0.29) is 11.7 Å². The van der Waals surface area contributed by atoms with Gasteiger partial charge in [-0.3, -0.25) is 4.79 Å². The normalized spacial score (nSPS) is 13.8. The van der Waals surface area contributed by atoms with E-state index in [9.17, 15) is 9.90 Å². The first-order valence-corrected chi connectivity index (χ1v) is 6.74. The van der Waals surface area contributed by atoms with Crippen LogP contribution in [-0.4, -0.2) is 24.2 Å². The molecular formula is C17H15NO3. The number of nitrogens with zero attached hydrogens (tertiary/aromatic N) is 1. The summed E-state index contributed by atoms with van der Waals surface area (Å²) in [4.78, 5) is 14.0. The van der Waals surface area contributed by atoms with E-state index in [0.717, 1.165) is 17.0 Å². The van der Waals surface area contributed by atoms with Crippen LogP contribution < -0.4 is 9.64 Å². The molecular weight excluding hydrogens is 266 g/mol. The fourth-order valence-corrected chi connectivity index (χ4v) is 2.24. The molecule has 0 saturated carbocycles. The zero-order valence-corrected chi connectivity index (χ0v) is 11.4. The number of phenols is 1. The molecule has 1 amide bonds. The zero-order valence-electron chi connectivity index (χ0n) is 11.4. The first-order valence-electron chi connectivity index (χ1n) is 6.74. The van der Waals surface area contributed by atoms with E-state index in [4.69, 9.17) is 4.74 Å². The number of phenolic OH excluding ortho intramolecular Hbond substituents is 1. The van der Waals surface area contributed by atoms with Crippen molar-refractivity contribution in [1.82, 2.24) is 0 Å². The number of fused-ring (bicyclic) bond motifs is 1. The molecule has 3 rings (SSSR count). The van der Waals surface area contributed by atoms with Gasteiger partial charge in [0.05, 0.1) is 12.2 Å². The summed E-state index contributed by atoms with van der Waals surface area (Å²) in [6.45, 7) is 1.03. The SMILES string of the molecule is O=C(/C=C/c1ccc(O)cc1)N1CCOc2ccccc21. The second-order valence-corrected chi connectivity index (χ2v) is 4.73. The Balaban J connectivity index is 1.79. The van der Waals surface area contributed by atoms with Gasteiger partial charge in [0.2, 0.25) is 0 Å². The lowest BCUT2D eigenvalue weighted by atomic mass is 10.2. The molecule has 0 radical (unpaired) electrons. The van der Waals surface area contributed by atoms with E-state index in [2.05, 4.69) is 0 Å². The molecule has 0 fully saturated rings. The standard InChI is InChI=1S/C17H15NO3/c19-14-8-5-13(6-9-14)7-10-17(20)18-11-12-21-16-4-2-1-3-15(16)18/h1-10,19H,11-12H2/b10-7+. The fourth-order valence-electron chi connectivity index (χ4n) is 2.24. The minimum Gasteiger partial charge on any atom is -0.508 e. The van der Waals surface area contributed by atoms with Crippen LogP contribution in [0.4, 0.5) is 5.69 Å². The van der Waals surface area contributed by atoms with Crippen molar-refractivity contribution in [1.29, 1.82) is 0 Å². The molecule has 1 N–H and O–H groups in total. The maximum absolute atomic E-state index is 12.3. The van der Waals surface area contributed by atoms with Gasteiger partial charge in [-0.2, -0.15) is 0 Å². The third-order valence-corrected chi connectivity index (χ3v) is 3.31. The number of ether oxygens (including phenoxy) is 1. The first-order chi connectivity index (χ1) is 10.2. The summed E-state index contributed by atoms with van der Waals surface area (Å²) in [6.07, 6.45) is 3.27. The summed E-state index contributed by atoms with van der Waals surface area (Å²) in [5.74, 6) is 0.856. The Kier molecular flexibility index (Phi) is 3.60. The molecule has 0 saturated heterocycles. The number of hydrogen-bond donors (Lipinski definition) is 1. The van der Waals surface area contributed by atoms with Crippen LogP contribution in [0.15, 0.2) is 54.6 Å². The van der Waals surface area contributed by atoms with Crippen molar-refractivity contribution in [3.05, 3.63) is 60.2 Å². The minimum absolute atomic E-state index is 0.0844. The van der Waals surface area contributed by atoms with Gasteiger partial charge < -0.3 is 14.7 Å². The number of carbonyl (C=O) groups excluding carboxylic acids is 1. The topological polar surface area (TPSA) is 49.8 Å². The lowest BCUT2D eigenvalue weighted by Gasteiger charge is -2.28. The minimum atomic E-state index is -0.0844. The van der Waals surface area contributed by atoms with Gasteiger partial charge in [0.15, 0.2) is 0 Å². The predicted molar refractivity (Wildman–Crippen MR) is 81.4 cm³/mol. The second-order valence-electron chi connectivity index (χ2n) is 4.73. The zero-order chi connectivity index (χ0) is 14.7. The van der Waals surface area contributed by atoms with E-state index >= 15 is 0 Å². The highest BCUT2D eigenvalue weighted by Crippen LogP contribution is 2.31. The van der Waals surface area contributed by atoms with Crippen LogP contribution in [0.1, 0.15) is 5.56 Å². The molecule has 4 nitrogen and oxygen atoms in total. The van der Waals surface area contributed by atoms with Crippen LogP contribution in [0, 0.1) is 0 Å². The van der Waals surface area contributed by atoms with Crippen LogP contribution in [0.3, 0.4) is 0 Å². The Morgan fingerprint density at radius 1 is 1.14 bits per heavy atom. The number of benzene rings is 2. The number of anilines is 1. The molecule has 0 aliphatic carbocycles. The average Bonchev–Trinajstić information content (AvgIpc) is 2.53. The maximum Gasteiger partial charge on any atom is 0.251 e. The number of amides is 1. The van der Waals surface area contributed by atoms with Crippen molar-refractivity contribution in [3.63, 3.8) is 0 Å². The monoisotopic (exact) mass is 281 g/mol. The van der Waals surface area contributed by atoms with Crippen molar-refractivity contribution in [3.8, 4) is 11.5 Å². The van der Waals surface area contributed by atoms with Crippen LogP contribution >= 0.6 is 0 Å². The Morgan fingerprint density at radius 2 is 1.90 bits per heavy atom. The molecule has 4 heteroatoms. The number of hydrogen-bond acceptors (Lipinski definition) is 3. The molecule has 0 bridgehead atoms. The third kappa shape index (κ3) is 2.89. The molecule has 0 unspecified atom stereocenters. The summed E-state index contributed by atoms with van der Waals surface area (Å²) in [5, 5.41) is 9.23. The fraction of sp³-hybridized carbons (Fsp3) is 0.118. The van der Waals surface area contributed by atoms with Gasteiger partial charge in [-0.05, 0) is 35.9 Å². The van der Waals surface area contributed by atoms with E-state index in [1.165, 1.54) is 6.08 Å². The summed E-state index contributed by atoms with van der Waals surface area (Å²) in [7, 11) is 0. The molecule has 0 atom stereocenters. The highest BCUT2D eigenvalue weighted by atomic mass is 16.5. The van der Waals surface area contributed by atoms with E-state index in [0.29, 0.717) is 13.2 Å². The highest BCUT2D eigenvalue weighted by Gasteiger charge is 2.21. The summed E-state index contributed by atoms with van der Waals surface area (Å²) >= 11 is 0. The van der Waals surface area contributed by atoms with Crippen LogP contribution in [0.5, 0.6) is 11.5 Å². The summed E-state index contributed by atoms with van der Waals surface area (Å²) < 4.78 is 5.53. The number of aromatic hydroxyl groups is 1. The first kappa shape index (κ1) is 13.2. The van der Waals surface area contributed by atoms with Crippen molar-refractivity contribution < 1.29 is 14.6 Å². The van der Waals surface area contributed by atoms with Crippen LogP contribution in [0.2, 0.25) is 0 Å². The van der Waals surface area contributed by atoms with Crippen LogP contribution in [0.25, 0.3) is 6.08 Å². The van der Waals surface area contributed by atoms with Gasteiger partial charge in [-0.1, -0.05) is 24.3 Å². The van der Waals surface area contributed by atoms with Gasteiger partial charge in [0, 0.05) is 6.08 Å². The average molecular weight is 281 g/mol. The molecule has 1 heterocycles. The van der Waals surface area contributed by atoms with Crippen molar-refractivity contribution in [2.45, 2.75) is 0 Å². The molecule has 1 aliphatic rings. The van der Waals surface area contributed by atoms with E-state index in [1.807, 2.05) is 24.3 Å². The smallest absolute Gasteiger partial charge is 0.251 e. The lowest BCUT2D eigenvalue weighted by Crippen LogP contribution is -2.36. The predicted octanol–water partition coefficient (Wildman–Crippen LogP) is 2.83. The molecule has 1 aliphatic heterocycles. The molecule has 2 aromatic carbocycles. The highest BCUT2D eigenvalue weighted by molar-refractivity contribution is 6.04. The summed E-state index contributed by atoms with van der Waals surface area (Å²) in [6, 6.07) is 14.2. The molecule has 2 aromatic rings. The Labute approximate surface area is 122 Å². The largest absolute Gasteiger partial charge is 0.508 e. The van der Waals surface area contributed by atoms with Crippen molar-refractivity contribution >= 4 is 17.7 Å². The Hall–Kier alpha value is -2.75. The van der Waals surface area contributed by atoms with E-state index < -0.39 is 0 Å². The van der Waals surface area contributed by atoms with Gasteiger partial charge in [-0.15, -0.1) is 0 Å². The van der Waals surface area contributed by atoms with Gasteiger partial charge in [-0.25, -0.2) is 0 Å². The quantitative estimate of drug-likeness (QED) is 0.861. The molecule has 106 valence electrons. The molecule has 21 heavy (non-hydrogen) atoms. The van der Waals surface area contributed by atoms with Crippen LogP contribution in [-0.2, 0) is 4.79 Å². The van der Waals surface area contributed by atoms with Crippen molar-refractivity contribution in [2.24, 2.45) is 0 Å². The number of para-hydroxylation sites is 2. The molecule has 0 aromatic heterocycles. The lowest BCUT2D eigenvalue weighted by molar-refractivity contribution is -0.114. The second kappa shape index (κ2) is 5.71. The van der Waals surface area contributed by atoms with Gasteiger partial charge >= 0.3 is 0 Å². The summed E-state index contributed by atoms with van der Waals surface area (Å²) in [5.41, 5.74) is 1.66. The molecule has 0 spiro atoms. The number of carbonyl (C=O) groups is 1. The number of rotatable bonds is 2. The maximum atomic E-state index is 12.3. The van der Waals surface area contributed by atoms with E-state index in [1.54, 1.807) is 35.2 Å². The van der Waals surface area contributed by atoms with Crippen molar-refractivity contribution in [2.75, 3.05) is 18.1 Å². The van der Waals surface area contributed by atoms with Gasteiger partial charge in [0.1, 0.15) is 18.1 Å².